The number of rotatable bonds is 7. The molecule has 0 radical (unpaired) electrons. The first kappa shape index (κ1) is 15.4. The normalized spacial score (nSPS) is 10.7. The maximum atomic E-state index is 5.14. The highest BCUT2D eigenvalue weighted by molar-refractivity contribution is 5.44. The fourth-order valence-corrected chi connectivity index (χ4v) is 1.57. The van der Waals surface area contributed by atoms with E-state index in [9.17, 15) is 0 Å². The third-order valence-electron chi connectivity index (χ3n) is 2.65. The molecule has 0 amide bonds. The van der Waals surface area contributed by atoms with Gasteiger partial charge in [-0.2, -0.15) is 15.0 Å². The Balaban J connectivity index is 3.10. The minimum absolute atomic E-state index is 0.289. The van der Waals surface area contributed by atoms with Gasteiger partial charge in [-0.1, -0.05) is 0 Å². The molecule has 108 valence electrons. The molecule has 0 saturated carbocycles. The standard InChI is InChI=1S/C12H24N6O/c1-9(2)18(7-8-19-6)12-15-10(13-3)14-11(16-12)17(4)5/h9H,7-8H2,1-6H3,(H,13,14,15,16). The molecule has 0 aliphatic carbocycles. The molecule has 0 aliphatic rings. The van der Waals surface area contributed by atoms with Gasteiger partial charge in [0.25, 0.3) is 0 Å². The Hall–Kier alpha value is -1.63. The number of methoxy groups -OCH3 is 1. The number of ether oxygens (including phenoxy) is 1. The molecule has 1 rings (SSSR count). The average Bonchev–Trinajstić information content (AvgIpc) is 2.38. The van der Waals surface area contributed by atoms with Crippen LogP contribution in [-0.2, 0) is 4.74 Å². The van der Waals surface area contributed by atoms with Crippen LogP contribution in [0.2, 0.25) is 0 Å². The number of hydrogen-bond donors (Lipinski definition) is 1. The van der Waals surface area contributed by atoms with E-state index in [1.165, 1.54) is 0 Å². The van der Waals surface area contributed by atoms with Crippen molar-refractivity contribution in [2.24, 2.45) is 0 Å². The van der Waals surface area contributed by atoms with E-state index in [1.54, 1.807) is 14.2 Å². The molecule has 0 bridgehead atoms. The fourth-order valence-electron chi connectivity index (χ4n) is 1.57. The van der Waals surface area contributed by atoms with E-state index in [0.717, 1.165) is 6.54 Å². The Bertz CT molecular complexity index is 396. The van der Waals surface area contributed by atoms with Crippen molar-refractivity contribution in [1.29, 1.82) is 0 Å². The lowest BCUT2D eigenvalue weighted by Gasteiger charge is -2.27. The third kappa shape index (κ3) is 4.20. The molecule has 1 heterocycles. The van der Waals surface area contributed by atoms with Gasteiger partial charge in [-0.25, -0.2) is 0 Å². The quantitative estimate of drug-likeness (QED) is 0.786. The molecule has 0 aliphatic heterocycles. The van der Waals surface area contributed by atoms with E-state index < -0.39 is 0 Å². The van der Waals surface area contributed by atoms with Gasteiger partial charge in [-0.05, 0) is 13.8 Å². The van der Waals surface area contributed by atoms with Gasteiger partial charge in [0.1, 0.15) is 0 Å². The van der Waals surface area contributed by atoms with Crippen LogP contribution in [0.1, 0.15) is 13.8 Å². The summed E-state index contributed by atoms with van der Waals surface area (Å²) in [6.07, 6.45) is 0. The van der Waals surface area contributed by atoms with Crippen molar-refractivity contribution in [1.82, 2.24) is 15.0 Å². The van der Waals surface area contributed by atoms with Crippen molar-refractivity contribution < 1.29 is 4.74 Å². The topological polar surface area (TPSA) is 66.4 Å². The first-order valence-electron chi connectivity index (χ1n) is 6.36. The van der Waals surface area contributed by atoms with E-state index >= 15 is 0 Å². The summed E-state index contributed by atoms with van der Waals surface area (Å²) in [5, 5.41) is 2.97. The molecule has 1 N–H and O–H groups in total. The summed E-state index contributed by atoms with van der Waals surface area (Å²) < 4.78 is 5.14. The minimum atomic E-state index is 0.289. The van der Waals surface area contributed by atoms with Crippen LogP contribution in [0.15, 0.2) is 0 Å². The summed E-state index contributed by atoms with van der Waals surface area (Å²) in [6.45, 7) is 5.59. The van der Waals surface area contributed by atoms with Crippen LogP contribution in [0.5, 0.6) is 0 Å². The van der Waals surface area contributed by atoms with Crippen LogP contribution in [0.4, 0.5) is 17.8 Å². The molecule has 7 nitrogen and oxygen atoms in total. The summed E-state index contributed by atoms with van der Waals surface area (Å²) in [7, 11) is 7.31. The number of hydrogen-bond acceptors (Lipinski definition) is 7. The number of nitrogens with one attached hydrogen (secondary N) is 1. The highest BCUT2D eigenvalue weighted by Gasteiger charge is 2.16. The first-order valence-corrected chi connectivity index (χ1v) is 6.36. The molecule has 1 aromatic rings. The second-order valence-corrected chi connectivity index (χ2v) is 4.68. The lowest BCUT2D eigenvalue weighted by Crippen LogP contribution is -2.36. The van der Waals surface area contributed by atoms with E-state index in [0.29, 0.717) is 24.5 Å². The minimum Gasteiger partial charge on any atom is -0.383 e. The lowest BCUT2D eigenvalue weighted by atomic mass is 10.3. The summed E-state index contributed by atoms with van der Waals surface area (Å²) in [6, 6.07) is 0.289. The smallest absolute Gasteiger partial charge is 0.232 e. The molecule has 0 saturated heterocycles. The largest absolute Gasteiger partial charge is 0.383 e. The number of aromatic nitrogens is 3. The van der Waals surface area contributed by atoms with Crippen molar-refractivity contribution >= 4 is 17.8 Å². The van der Waals surface area contributed by atoms with Gasteiger partial charge in [0.15, 0.2) is 0 Å². The lowest BCUT2D eigenvalue weighted by molar-refractivity contribution is 0.203. The second kappa shape index (κ2) is 7.08. The molecule has 19 heavy (non-hydrogen) atoms. The van der Waals surface area contributed by atoms with Crippen LogP contribution in [0, 0.1) is 0 Å². The molecule has 0 fully saturated rings. The van der Waals surface area contributed by atoms with Crippen LogP contribution in [0.25, 0.3) is 0 Å². The van der Waals surface area contributed by atoms with Gasteiger partial charge in [0.05, 0.1) is 6.61 Å². The summed E-state index contributed by atoms with van der Waals surface area (Å²) in [4.78, 5) is 17.2. The maximum absolute atomic E-state index is 5.14. The van der Waals surface area contributed by atoms with E-state index in [4.69, 9.17) is 4.74 Å². The van der Waals surface area contributed by atoms with Gasteiger partial charge < -0.3 is 19.9 Å². The van der Waals surface area contributed by atoms with Crippen molar-refractivity contribution in [3.8, 4) is 0 Å². The monoisotopic (exact) mass is 268 g/mol. The average molecular weight is 268 g/mol. The van der Waals surface area contributed by atoms with Gasteiger partial charge in [-0.15, -0.1) is 0 Å². The third-order valence-corrected chi connectivity index (χ3v) is 2.65. The fraction of sp³-hybridized carbons (Fsp3) is 0.750. The molecular formula is C12H24N6O. The van der Waals surface area contributed by atoms with E-state index in [-0.39, 0.29) is 6.04 Å². The predicted octanol–water partition coefficient (Wildman–Crippen LogP) is 0.840. The SMILES string of the molecule is CNc1nc(N(C)C)nc(N(CCOC)C(C)C)n1. The zero-order chi connectivity index (χ0) is 14.4. The molecule has 0 atom stereocenters. The van der Waals surface area contributed by atoms with Crippen LogP contribution < -0.4 is 15.1 Å². The van der Waals surface area contributed by atoms with Crippen molar-refractivity contribution in [3.63, 3.8) is 0 Å². The van der Waals surface area contributed by atoms with Gasteiger partial charge in [-0.3, -0.25) is 0 Å². The molecular weight excluding hydrogens is 244 g/mol. The Kier molecular flexibility index (Phi) is 5.75. The van der Waals surface area contributed by atoms with Gasteiger partial charge in [0.2, 0.25) is 17.8 Å². The molecule has 0 unspecified atom stereocenters. The second-order valence-electron chi connectivity index (χ2n) is 4.68. The highest BCUT2D eigenvalue weighted by Crippen LogP contribution is 2.16. The van der Waals surface area contributed by atoms with Gasteiger partial charge >= 0.3 is 0 Å². The molecule has 0 spiro atoms. The van der Waals surface area contributed by atoms with Gasteiger partial charge in [0, 0.05) is 40.8 Å². The van der Waals surface area contributed by atoms with Crippen molar-refractivity contribution in [2.75, 3.05) is 56.5 Å². The maximum Gasteiger partial charge on any atom is 0.232 e. The number of anilines is 3. The predicted molar refractivity (Wildman–Crippen MR) is 78.1 cm³/mol. The number of nitrogens with zero attached hydrogens (tertiary/aromatic N) is 5. The molecule has 1 aromatic heterocycles. The Labute approximate surface area is 115 Å². The van der Waals surface area contributed by atoms with Crippen molar-refractivity contribution in [3.05, 3.63) is 0 Å². The first-order chi connectivity index (χ1) is 8.99. The van der Waals surface area contributed by atoms with Crippen LogP contribution in [0.3, 0.4) is 0 Å². The summed E-state index contributed by atoms with van der Waals surface area (Å²) in [5.74, 6) is 1.87. The van der Waals surface area contributed by atoms with Crippen molar-refractivity contribution in [2.45, 2.75) is 19.9 Å². The molecule has 0 aromatic carbocycles. The van der Waals surface area contributed by atoms with Crippen LogP contribution in [-0.4, -0.2) is 62.4 Å². The Morgan fingerprint density at radius 2 is 1.79 bits per heavy atom. The highest BCUT2D eigenvalue weighted by atomic mass is 16.5. The van der Waals surface area contributed by atoms with E-state index in [1.807, 2.05) is 19.0 Å². The van der Waals surface area contributed by atoms with Crippen LogP contribution >= 0.6 is 0 Å². The zero-order valence-electron chi connectivity index (χ0n) is 12.6. The summed E-state index contributed by atoms with van der Waals surface area (Å²) in [5.41, 5.74) is 0. The molecule has 7 heteroatoms. The summed E-state index contributed by atoms with van der Waals surface area (Å²) >= 11 is 0. The van der Waals surface area contributed by atoms with E-state index in [2.05, 4.69) is 39.0 Å². The Morgan fingerprint density at radius 1 is 1.16 bits per heavy atom. The zero-order valence-corrected chi connectivity index (χ0v) is 12.6. The Morgan fingerprint density at radius 3 is 2.26 bits per heavy atom.